The number of fused-ring (bicyclic) bond motifs is 1. The van der Waals surface area contributed by atoms with E-state index in [4.69, 9.17) is 16.3 Å². The van der Waals surface area contributed by atoms with E-state index in [9.17, 15) is 0 Å². The Morgan fingerprint density at radius 1 is 1.22 bits per heavy atom. The number of hydrogen-bond donors (Lipinski definition) is 0. The number of aromatic nitrogens is 5. The molecule has 0 aliphatic heterocycles. The van der Waals surface area contributed by atoms with E-state index < -0.39 is 0 Å². The molecule has 3 aromatic rings. The average molecular weight is 332 g/mol. The van der Waals surface area contributed by atoms with Crippen molar-refractivity contribution in [3.05, 3.63) is 41.4 Å². The van der Waals surface area contributed by atoms with Gasteiger partial charge in [-0.3, -0.25) is 9.97 Å². The maximum Gasteiger partial charge on any atom is 0.140 e. The average Bonchev–Trinajstić information content (AvgIpc) is 2.89. The van der Waals surface area contributed by atoms with Gasteiger partial charge in [0.2, 0.25) is 0 Å². The predicted molar refractivity (Wildman–Crippen MR) is 88.4 cm³/mol. The van der Waals surface area contributed by atoms with Crippen LogP contribution in [0.5, 0.6) is 5.75 Å². The lowest BCUT2D eigenvalue weighted by atomic mass is 9.97. The molecule has 1 aromatic carbocycles. The summed E-state index contributed by atoms with van der Waals surface area (Å²) >= 11 is 6.42. The Balaban J connectivity index is 1.85. The van der Waals surface area contributed by atoms with Gasteiger partial charge in [0.25, 0.3) is 0 Å². The van der Waals surface area contributed by atoms with E-state index in [1.807, 2.05) is 16.8 Å². The maximum atomic E-state index is 6.42. The summed E-state index contributed by atoms with van der Waals surface area (Å²) in [5.41, 5.74) is 2.39. The van der Waals surface area contributed by atoms with Crippen LogP contribution in [0.1, 0.15) is 26.5 Å². The molecule has 120 valence electrons. The van der Waals surface area contributed by atoms with E-state index in [0.29, 0.717) is 22.9 Å². The van der Waals surface area contributed by atoms with Gasteiger partial charge in [0.1, 0.15) is 22.9 Å². The van der Waals surface area contributed by atoms with Gasteiger partial charge in [0.15, 0.2) is 0 Å². The second-order valence-electron chi connectivity index (χ2n) is 6.54. The SMILES string of the molecule is CC(C)(C)Cn1nnc2c(Cl)c(OCc3cnccn3)ccc21. The van der Waals surface area contributed by atoms with Gasteiger partial charge in [-0.2, -0.15) is 0 Å². The van der Waals surface area contributed by atoms with Crippen molar-refractivity contribution in [2.45, 2.75) is 33.9 Å². The van der Waals surface area contributed by atoms with Gasteiger partial charge in [0.05, 0.1) is 17.4 Å². The Kier molecular flexibility index (Phi) is 4.17. The summed E-state index contributed by atoms with van der Waals surface area (Å²) in [7, 11) is 0. The highest BCUT2D eigenvalue weighted by Crippen LogP contribution is 2.32. The van der Waals surface area contributed by atoms with Crippen LogP contribution in [-0.4, -0.2) is 25.0 Å². The minimum Gasteiger partial charge on any atom is -0.486 e. The number of hydrogen-bond acceptors (Lipinski definition) is 5. The fraction of sp³-hybridized carbons (Fsp3) is 0.375. The smallest absolute Gasteiger partial charge is 0.140 e. The highest BCUT2D eigenvalue weighted by Gasteiger charge is 2.17. The zero-order valence-electron chi connectivity index (χ0n) is 13.3. The third-order valence-corrected chi connectivity index (χ3v) is 3.57. The van der Waals surface area contributed by atoms with Crippen LogP contribution in [0.3, 0.4) is 0 Å². The quantitative estimate of drug-likeness (QED) is 0.732. The summed E-state index contributed by atoms with van der Waals surface area (Å²) in [5.74, 6) is 0.563. The Bertz CT molecular complexity index is 810. The van der Waals surface area contributed by atoms with Crippen LogP contribution in [0.2, 0.25) is 5.02 Å². The first-order valence-corrected chi connectivity index (χ1v) is 7.71. The first kappa shape index (κ1) is 15.7. The summed E-state index contributed by atoms with van der Waals surface area (Å²) in [6, 6.07) is 3.77. The second-order valence-corrected chi connectivity index (χ2v) is 6.92. The summed E-state index contributed by atoms with van der Waals surface area (Å²) in [5, 5.41) is 8.86. The Morgan fingerprint density at radius 2 is 2.04 bits per heavy atom. The minimum absolute atomic E-state index is 0.105. The number of halogens is 1. The number of nitrogens with zero attached hydrogens (tertiary/aromatic N) is 5. The topological polar surface area (TPSA) is 65.7 Å². The van der Waals surface area contributed by atoms with Crippen LogP contribution >= 0.6 is 11.6 Å². The fourth-order valence-corrected chi connectivity index (χ4v) is 2.47. The predicted octanol–water partition coefficient (Wildman–Crippen LogP) is 3.50. The van der Waals surface area contributed by atoms with Crippen LogP contribution in [0.25, 0.3) is 11.0 Å². The molecule has 2 heterocycles. The minimum atomic E-state index is 0.105. The molecule has 3 rings (SSSR count). The zero-order chi connectivity index (χ0) is 16.4. The monoisotopic (exact) mass is 331 g/mol. The van der Waals surface area contributed by atoms with Crippen LogP contribution in [0.4, 0.5) is 0 Å². The lowest BCUT2D eigenvalue weighted by Gasteiger charge is -2.18. The molecule has 0 bridgehead atoms. The molecule has 0 amide bonds. The highest BCUT2D eigenvalue weighted by atomic mass is 35.5. The van der Waals surface area contributed by atoms with Crippen molar-refractivity contribution in [1.29, 1.82) is 0 Å². The normalized spacial score (nSPS) is 11.8. The van der Waals surface area contributed by atoms with Gasteiger partial charge in [0, 0.05) is 18.9 Å². The highest BCUT2D eigenvalue weighted by molar-refractivity contribution is 6.36. The number of rotatable bonds is 4. The van der Waals surface area contributed by atoms with Gasteiger partial charge >= 0.3 is 0 Å². The van der Waals surface area contributed by atoms with Crippen molar-refractivity contribution in [2.75, 3.05) is 0 Å². The van der Waals surface area contributed by atoms with Crippen LogP contribution in [0.15, 0.2) is 30.7 Å². The van der Waals surface area contributed by atoms with E-state index in [1.54, 1.807) is 18.6 Å². The van der Waals surface area contributed by atoms with Crippen molar-refractivity contribution in [2.24, 2.45) is 5.41 Å². The van der Waals surface area contributed by atoms with E-state index in [2.05, 4.69) is 41.1 Å². The van der Waals surface area contributed by atoms with Crippen molar-refractivity contribution in [3.8, 4) is 5.75 Å². The first-order chi connectivity index (χ1) is 10.9. The molecule has 0 saturated carbocycles. The maximum absolute atomic E-state index is 6.42. The number of benzene rings is 1. The molecule has 2 aromatic heterocycles. The molecule has 6 nitrogen and oxygen atoms in total. The molecule has 0 aliphatic carbocycles. The molecule has 0 radical (unpaired) electrons. The summed E-state index contributed by atoms with van der Waals surface area (Å²) in [4.78, 5) is 8.17. The standard InChI is InChI=1S/C16H18ClN5O/c1-16(2,3)10-22-12-4-5-13(14(17)15(12)20-21-22)23-9-11-8-18-6-7-19-11/h4-8H,9-10H2,1-3H3. The van der Waals surface area contributed by atoms with E-state index >= 15 is 0 Å². The Morgan fingerprint density at radius 3 is 2.74 bits per heavy atom. The molecule has 0 saturated heterocycles. The largest absolute Gasteiger partial charge is 0.486 e. The van der Waals surface area contributed by atoms with Gasteiger partial charge < -0.3 is 4.74 Å². The number of ether oxygens (including phenoxy) is 1. The summed E-state index contributed by atoms with van der Waals surface area (Å²) in [6.07, 6.45) is 4.91. The van der Waals surface area contributed by atoms with E-state index in [1.165, 1.54) is 0 Å². The lowest BCUT2D eigenvalue weighted by molar-refractivity contribution is 0.301. The third kappa shape index (κ3) is 3.59. The molecule has 0 unspecified atom stereocenters. The van der Waals surface area contributed by atoms with Crippen LogP contribution in [0, 0.1) is 5.41 Å². The molecular formula is C16H18ClN5O. The fourth-order valence-electron chi connectivity index (χ4n) is 2.22. The summed E-state index contributed by atoms with van der Waals surface area (Å²) in [6.45, 7) is 7.52. The summed E-state index contributed by atoms with van der Waals surface area (Å²) < 4.78 is 7.60. The van der Waals surface area contributed by atoms with Gasteiger partial charge in [-0.1, -0.05) is 37.6 Å². The molecule has 0 aliphatic rings. The van der Waals surface area contributed by atoms with E-state index in [0.717, 1.165) is 17.8 Å². The van der Waals surface area contributed by atoms with Crippen molar-refractivity contribution in [1.82, 2.24) is 25.0 Å². The van der Waals surface area contributed by atoms with Crippen LogP contribution < -0.4 is 4.74 Å². The molecule has 0 fully saturated rings. The van der Waals surface area contributed by atoms with Crippen molar-refractivity contribution >= 4 is 22.6 Å². The van der Waals surface area contributed by atoms with Gasteiger partial charge in [-0.05, 0) is 17.5 Å². The van der Waals surface area contributed by atoms with E-state index in [-0.39, 0.29) is 5.41 Å². The first-order valence-electron chi connectivity index (χ1n) is 7.33. The molecule has 0 atom stereocenters. The second kappa shape index (κ2) is 6.12. The molecule has 7 heteroatoms. The molecular weight excluding hydrogens is 314 g/mol. The Labute approximate surface area is 139 Å². The Hall–Kier alpha value is -2.21. The molecule has 0 N–H and O–H groups in total. The van der Waals surface area contributed by atoms with Crippen LogP contribution in [-0.2, 0) is 13.2 Å². The zero-order valence-corrected chi connectivity index (χ0v) is 14.1. The van der Waals surface area contributed by atoms with Crippen molar-refractivity contribution < 1.29 is 4.74 Å². The third-order valence-electron chi connectivity index (χ3n) is 3.21. The van der Waals surface area contributed by atoms with Crippen molar-refractivity contribution in [3.63, 3.8) is 0 Å². The molecule has 0 spiro atoms. The lowest BCUT2D eigenvalue weighted by Crippen LogP contribution is -2.16. The molecule has 23 heavy (non-hydrogen) atoms. The van der Waals surface area contributed by atoms with Gasteiger partial charge in [-0.25, -0.2) is 4.68 Å². The van der Waals surface area contributed by atoms with Gasteiger partial charge in [-0.15, -0.1) is 5.10 Å².